The Labute approximate surface area is 83.9 Å². The Bertz CT molecular complexity index is 102. The molecular formula is C12H26O. The zero-order chi connectivity index (χ0) is 10.2. The molecule has 13 heavy (non-hydrogen) atoms. The second-order valence-electron chi connectivity index (χ2n) is 4.98. The van der Waals surface area contributed by atoms with Crippen LogP contribution in [0, 0.1) is 5.41 Å². The van der Waals surface area contributed by atoms with Crippen LogP contribution in [0.3, 0.4) is 0 Å². The van der Waals surface area contributed by atoms with Gasteiger partial charge in [-0.15, -0.1) is 0 Å². The largest absolute Gasteiger partial charge is 0.381 e. The van der Waals surface area contributed by atoms with Crippen LogP contribution in [0.25, 0.3) is 0 Å². The quantitative estimate of drug-likeness (QED) is 0.546. The van der Waals surface area contributed by atoms with E-state index in [0.29, 0.717) is 5.41 Å². The molecule has 0 atom stereocenters. The van der Waals surface area contributed by atoms with E-state index < -0.39 is 0 Å². The maximum Gasteiger partial charge on any atom is 0.0466 e. The lowest BCUT2D eigenvalue weighted by Gasteiger charge is -2.17. The Hall–Kier alpha value is -0.0400. The topological polar surface area (TPSA) is 9.23 Å². The zero-order valence-corrected chi connectivity index (χ0v) is 9.86. The van der Waals surface area contributed by atoms with Crippen molar-refractivity contribution in [1.29, 1.82) is 0 Å². The second-order valence-corrected chi connectivity index (χ2v) is 4.98. The number of hydrogen-bond donors (Lipinski definition) is 0. The summed E-state index contributed by atoms with van der Waals surface area (Å²) in [5, 5.41) is 0. The van der Waals surface area contributed by atoms with E-state index in [4.69, 9.17) is 4.74 Å². The van der Waals surface area contributed by atoms with E-state index in [9.17, 15) is 0 Å². The molecule has 1 nitrogen and oxygen atoms in total. The monoisotopic (exact) mass is 186 g/mol. The van der Waals surface area contributed by atoms with E-state index in [-0.39, 0.29) is 0 Å². The summed E-state index contributed by atoms with van der Waals surface area (Å²) in [6.45, 7) is 11.0. The van der Waals surface area contributed by atoms with Crippen molar-refractivity contribution >= 4 is 0 Å². The van der Waals surface area contributed by atoms with E-state index in [2.05, 4.69) is 27.7 Å². The van der Waals surface area contributed by atoms with Crippen molar-refractivity contribution in [3.8, 4) is 0 Å². The fourth-order valence-electron chi connectivity index (χ4n) is 1.28. The third kappa shape index (κ3) is 12.0. The maximum atomic E-state index is 5.41. The predicted molar refractivity (Wildman–Crippen MR) is 59.0 cm³/mol. The normalized spacial score (nSPS) is 12.0. The van der Waals surface area contributed by atoms with Gasteiger partial charge in [0.1, 0.15) is 0 Å². The van der Waals surface area contributed by atoms with Crippen molar-refractivity contribution in [3.63, 3.8) is 0 Å². The van der Waals surface area contributed by atoms with Gasteiger partial charge in [0.05, 0.1) is 0 Å². The molecule has 0 bridgehead atoms. The summed E-state index contributed by atoms with van der Waals surface area (Å²) in [5.74, 6) is 0. The molecule has 0 fully saturated rings. The van der Waals surface area contributed by atoms with Crippen molar-refractivity contribution in [2.24, 2.45) is 5.41 Å². The molecule has 0 rings (SSSR count). The Kier molecular flexibility index (Phi) is 7.35. The van der Waals surface area contributed by atoms with Gasteiger partial charge in [0.15, 0.2) is 0 Å². The van der Waals surface area contributed by atoms with Crippen molar-refractivity contribution in [2.45, 2.75) is 59.8 Å². The Morgan fingerprint density at radius 3 is 2.15 bits per heavy atom. The molecule has 0 saturated carbocycles. The van der Waals surface area contributed by atoms with Crippen LogP contribution in [0.2, 0.25) is 0 Å². The van der Waals surface area contributed by atoms with Gasteiger partial charge in [-0.3, -0.25) is 0 Å². The van der Waals surface area contributed by atoms with Gasteiger partial charge in [-0.1, -0.05) is 40.5 Å². The zero-order valence-electron chi connectivity index (χ0n) is 9.86. The molecule has 0 aliphatic heterocycles. The molecule has 0 amide bonds. The number of unbranched alkanes of at least 4 members (excludes halogenated alkanes) is 2. The standard InChI is InChI=1S/C12H26O/c1-5-10-13-11-8-6-7-9-12(2,3)4/h5-11H2,1-4H3. The van der Waals surface area contributed by atoms with Crippen LogP contribution in [0.5, 0.6) is 0 Å². The molecule has 0 aliphatic rings. The first-order valence-corrected chi connectivity index (χ1v) is 5.64. The smallest absolute Gasteiger partial charge is 0.0466 e. The predicted octanol–water partition coefficient (Wildman–Crippen LogP) is 4.02. The van der Waals surface area contributed by atoms with Gasteiger partial charge in [0, 0.05) is 13.2 Å². The molecule has 0 spiro atoms. The van der Waals surface area contributed by atoms with Crippen LogP contribution in [0.1, 0.15) is 59.8 Å². The number of rotatable bonds is 7. The first-order chi connectivity index (χ1) is 6.06. The van der Waals surface area contributed by atoms with Crippen LogP contribution in [-0.4, -0.2) is 13.2 Å². The van der Waals surface area contributed by atoms with Gasteiger partial charge in [0.25, 0.3) is 0 Å². The molecular weight excluding hydrogens is 160 g/mol. The summed E-state index contributed by atoms with van der Waals surface area (Å²) in [5.41, 5.74) is 0.504. The summed E-state index contributed by atoms with van der Waals surface area (Å²) in [6, 6.07) is 0. The molecule has 0 N–H and O–H groups in total. The minimum Gasteiger partial charge on any atom is -0.381 e. The fourth-order valence-corrected chi connectivity index (χ4v) is 1.28. The minimum absolute atomic E-state index is 0.504. The van der Waals surface area contributed by atoms with Gasteiger partial charge in [0.2, 0.25) is 0 Å². The highest BCUT2D eigenvalue weighted by Gasteiger charge is 2.08. The molecule has 0 heterocycles. The van der Waals surface area contributed by atoms with E-state index in [1.54, 1.807) is 0 Å². The summed E-state index contributed by atoms with van der Waals surface area (Å²) < 4.78 is 5.41. The second kappa shape index (κ2) is 7.37. The van der Waals surface area contributed by atoms with Crippen LogP contribution in [0.15, 0.2) is 0 Å². The number of ether oxygens (including phenoxy) is 1. The molecule has 0 radical (unpaired) electrons. The van der Waals surface area contributed by atoms with Gasteiger partial charge in [-0.25, -0.2) is 0 Å². The number of hydrogen-bond acceptors (Lipinski definition) is 1. The van der Waals surface area contributed by atoms with Crippen LogP contribution in [-0.2, 0) is 4.74 Å². The first kappa shape index (κ1) is 13.0. The Morgan fingerprint density at radius 1 is 0.923 bits per heavy atom. The van der Waals surface area contributed by atoms with E-state index >= 15 is 0 Å². The summed E-state index contributed by atoms with van der Waals surface area (Å²) in [6.07, 6.45) is 6.37. The third-order valence-corrected chi connectivity index (χ3v) is 2.06. The van der Waals surface area contributed by atoms with Crippen molar-refractivity contribution < 1.29 is 4.74 Å². The minimum atomic E-state index is 0.504. The van der Waals surface area contributed by atoms with Crippen LogP contribution < -0.4 is 0 Å². The van der Waals surface area contributed by atoms with E-state index in [1.807, 2.05) is 0 Å². The highest BCUT2D eigenvalue weighted by Crippen LogP contribution is 2.21. The summed E-state index contributed by atoms with van der Waals surface area (Å²) in [4.78, 5) is 0. The first-order valence-electron chi connectivity index (χ1n) is 5.64. The van der Waals surface area contributed by atoms with Crippen LogP contribution in [0.4, 0.5) is 0 Å². The van der Waals surface area contributed by atoms with Crippen molar-refractivity contribution in [1.82, 2.24) is 0 Å². The highest BCUT2D eigenvalue weighted by molar-refractivity contribution is 4.60. The SMILES string of the molecule is CCCOCCCCCC(C)(C)C. The molecule has 0 aromatic rings. The molecule has 0 aromatic heterocycles. The Balaban J connectivity index is 3.00. The van der Waals surface area contributed by atoms with Crippen molar-refractivity contribution in [2.75, 3.05) is 13.2 Å². The lowest BCUT2D eigenvalue weighted by atomic mass is 9.89. The van der Waals surface area contributed by atoms with Gasteiger partial charge >= 0.3 is 0 Å². The lowest BCUT2D eigenvalue weighted by Crippen LogP contribution is -2.04. The molecule has 0 saturated heterocycles. The Morgan fingerprint density at radius 2 is 1.62 bits per heavy atom. The summed E-state index contributed by atoms with van der Waals surface area (Å²) in [7, 11) is 0. The van der Waals surface area contributed by atoms with E-state index in [1.165, 1.54) is 25.7 Å². The molecule has 0 aliphatic carbocycles. The van der Waals surface area contributed by atoms with E-state index in [0.717, 1.165) is 19.6 Å². The van der Waals surface area contributed by atoms with Crippen molar-refractivity contribution in [3.05, 3.63) is 0 Å². The third-order valence-electron chi connectivity index (χ3n) is 2.06. The molecule has 80 valence electrons. The van der Waals surface area contributed by atoms with Gasteiger partial charge in [-0.2, -0.15) is 0 Å². The fraction of sp³-hybridized carbons (Fsp3) is 1.00. The molecule has 1 heteroatoms. The maximum absolute atomic E-state index is 5.41. The van der Waals surface area contributed by atoms with Gasteiger partial charge < -0.3 is 4.74 Å². The van der Waals surface area contributed by atoms with Gasteiger partial charge in [-0.05, 0) is 24.7 Å². The molecule has 0 aromatic carbocycles. The summed E-state index contributed by atoms with van der Waals surface area (Å²) >= 11 is 0. The van der Waals surface area contributed by atoms with Crippen LogP contribution >= 0.6 is 0 Å². The highest BCUT2D eigenvalue weighted by atomic mass is 16.5. The lowest BCUT2D eigenvalue weighted by molar-refractivity contribution is 0.129. The average molecular weight is 186 g/mol. The average Bonchev–Trinajstić information content (AvgIpc) is 2.01. The molecule has 0 unspecified atom stereocenters.